The van der Waals surface area contributed by atoms with Crippen molar-refractivity contribution in [3.05, 3.63) is 23.8 Å². The Labute approximate surface area is 135 Å². The van der Waals surface area contributed by atoms with Crippen molar-refractivity contribution in [2.75, 3.05) is 6.61 Å². The number of piperidine rings is 1. The molecule has 2 rings (SSSR count). The van der Waals surface area contributed by atoms with Crippen molar-refractivity contribution in [3.8, 4) is 11.5 Å². The van der Waals surface area contributed by atoms with Crippen LogP contribution in [0.4, 0.5) is 8.78 Å². The summed E-state index contributed by atoms with van der Waals surface area (Å²) in [5, 5.41) is 0. The number of carbonyl (C=O) groups excluding carboxylic acids is 1. The number of nitrogens with zero attached hydrogens (tertiary/aromatic N) is 1. The van der Waals surface area contributed by atoms with Crippen molar-refractivity contribution < 1.29 is 23.0 Å². The number of hydrogen-bond donors (Lipinski definition) is 0. The van der Waals surface area contributed by atoms with Crippen LogP contribution in [0.25, 0.3) is 0 Å². The molecule has 0 bridgehead atoms. The smallest absolute Gasteiger partial charge is 0.387 e. The number of hydrogen-bond acceptors (Lipinski definition) is 3. The fraction of sp³-hybridized carbons (Fsp3) is 0.588. The van der Waals surface area contributed by atoms with Gasteiger partial charge in [0.15, 0.2) is 11.5 Å². The lowest BCUT2D eigenvalue weighted by Gasteiger charge is -2.39. The van der Waals surface area contributed by atoms with Crippen LogP contribution in [0, 0.1) is 0 Å². The molecule has 6 heteroatoms. The van der Waals surface area contributed by atoms with Crippen LogP contribution in [-0.4, -0.2) is 36.1 Å². The molecule has 0 aromatic heterocycles. The van der Waals surface area contributed by atoms with Gasteiger partial charge < -0.3 is 14.4 Å². The van der Waals surface area contributed by atoms with Crippen LogP contribution in [0.1, 0.15) is 50.4 Å². The molecule has 0 saturated carbocycles. The molecule has 1 saturated heterocycles. The molecule has 1 aromatic carbocycles. The van der Waals surface area contributed by atoms with Crippen LogP contribution in [0.2, 0.25) is 0 Å². The second-order valence-corrected chi connectivity index (χ2v) is 5.81. The van der Waals surface area contributed by atoms with Gasteiger partial charge in [-0.2, -0.15) is 8.78 Å². The van der Waals surface area contributed by atoms with Gasteiger partial charge in [-0.15, -0.1) is 0 Å². The van der Waals surface area contributed by atoms with Crippen LogP contribution < -0.4 is 9.47 Å². The van der Waals surface area contributed by atoms with Gasteiger partial charge in [-0.1, -0.05) is 0 Å². The van der Waals surface area contributed by atoms with E-state index in [0.29, 0.717) is 12.2 Å². The highest BCUT2D eigenvalue weighted by atomic mass is 19.3. The summed E-state index contributed by atoms with van der Waals surface area (Å²) in [5.74, 6) is 0.00311. The highest BCUT2D eigenvalue weighted by Crippen LogP contribution is 2.32. The van der Waals surface area contributed by atoms with Crippen LogP contribution in [0.5, 0.6) is 11.5 Å². The summed E-state index contributed by atoms with van der Waals surface area (Å²) < 4.78 is 34.7. The molecule has 2 atom stereocenters. The summed E-state index contributed by atoms with van der Waals surface area (Å²) >= 11 is 0. The topological polar surface area (TPSA) is 38.8 Å². The third kappa shape index (κ3) is 4.12. The van der Waals surface area contributed by atoms with Crippen molar-refractivity contribution in [1.29, 1.82) is 0 Å². The Balaban J connectivity index is 2.27. The predicted octanol–water partition coefficient (Wildman–Crippen LogP) is 4.09. The van der Waals surface area contributed by atoms with E-state index < -0.39 is 6.61 Å². The number of alkyl halides is 2. The first-order valence-corrected chi connectivity index (χ1v) is 7.98. The Morgan fingerprint density at radius 2 is 1.91 bits per heavy atom. The van der Waals surface area contributed by atoms with Gasteiger partial charge in [0.2, 0.25) is 0 Å². The minimum atomic E-state index is -2.93. The van der Waals surface area contributed by atoms with Gasteiger partial charge in [-0.25, -0.2) is 0 Å². The summed E-state index contributed by atoms with van der Waals surface area (Å²) in [6.07, 6.45) is 3.05. The maximum atomic E-state index is 12.8. The monoisotopic (exact) mass is 327 g/mol. The van der Waals surface area contributed by atoms with Gasteiger partial charge in [0, 0.05) is 17.6 Å². The molecular formula is C17H23F2NO3. The van der Waals surface area contributed by atoms with E-state index in [0.717, 1.165) is 19.3 Å². The Morgan fingerprint density at radius 1 is 1.26 bits per heavy atom. The van der Waals surface area contributed by atoms with Crippen LogP contribution in [0.15, 0.2) is 18.2 Å². The summed E-state index contributed by atoms with van der Waals surface area (Å²) in [7, 11) is 0. The number of benzene rings is 1. The van der Waals surface area contributed by atoms with E-state index in [1.54, 1.807) is 6.92 Å². The third-order valence-electron chi connectivity index (χ3n) is 4.13. The highest BCUT2D eigenvalue weighted by Gasteiger charge is 2.30. The first kappa shape index (κ1) is 17.5. The van der Waals surface area contributed by atoms with E-state index in [1.165, 1.54) is 18.2 Å². The van der Waals surface area contributed by atoms with Crippen molar-refractivity contribution >= 4 is 5.91 Å². The molecule has 4 nitrogen and oxygen atoms in total. The zero-order valence-electron chi connectivity index (χ0n) is 13.7. The molecule has 1 aliphatic rings. The minimum absolute atomic E-state index is 0.0573. The van der Waals surface area contributed by atoms with E-state index in [-0.39, 0.29) is 29.5 Å². The van der Waals surface area contributed by atoms with E-state index >= 15 is 0 Å². The molecule has 1 aromatic rings. The van der Waals surface area contributed by atoms with Crippen molar-refractivity contribution in [1.82, 2.24) is 4.90 Å². The average Bonchev–Trinajstić information content (AvgIpc) is 2.48. The molecule has 0 aliphatic carbocycles. The standard InChI is InChI=1S/C17H23F2NO3/c1-4-22-15-10-13(8-9-14(15)23-17(18)19)16(21)20-11(2)6-5-7-12(20)3/h8-12,17H,4-7H2,1-3H3. The second-order valence-electron chi connectivity index (χ2n) is 5.81. The van der Waals surface area contributed by atoms with Crippen LogP contribution >= 0.6 is 0 Å². The van der Waals surface area contributed by atoms with Crippen LogP contribution in [0.3, 0.4) is 0 Å². The Morgan fingerprint density at radius 3 is 2.48 bits per heavy atom. The number of likely N-dealkylation sites (tertiary alicyclic amines) is 1. The molecule has 1 aliphatic heterocycles. The lowest BCUT2D eigenvalue weighted by atomic mass is 9.96. The molecule has 2 unspecified atom stereocenters. The third-order valence-corrected chi connectivity index (χ3v) is 4.13. The van der Waals surface area contributed by atoms with Crippen molar-refractivity contribution in [2.24, 2.45) is 0 Å². The second kappa shape index (κ2) is 7.62. The van der Waals surface area contributed by atoms with E-state index in [1.807, 2.05) is 18.7 Å². The highest BCUT2D eigenvalue weighted by molar-refractivity contribution is 5.95. The van der Waals surface area contributed by atoms with Gasteiger partial charge in [0.1, 0.15) is 0 Å². The van der Waals surface area contributed by atoms with E-state index in [9.17, 15) is 13.6 Å². The maximum absolute atomic E-state index is 12.8. The molecular weight excluding hydrogens is 304 g/mol. The number of amides is 1. The van der Waals surface area contributed by atoms with Gasteiger partial charge in [0.25, 0.3) is 5.91 Å². The number of ether oxygens (including phenoxy) is 2. The first-order valence-electron chi connectivity index (χ1n) is 7.98. The fourth-order valence-corrected chi connectivity index (χ4v) is 3.07. The number of carbonyl (C=O) groups is 1. The lowest BCUT2D eigenvalue weighted by molar-refractivity contribution is -0.0514. The zero-order chi connectivity index (χ0) is 17.0. The Kier molecular flexibility index (Phi) is 5.80. The molecule has 128 valence electrons. The van der Waals surface area contributed by atoms with E-state index in [2.05, 4.69) is 4.74 Å². The largest absolute Gasteiger partial charge is 0.490 e. The van der Waals surface area contributed by atoms with Crippen LogP contribution in [-0.2, 0) is 0 Å². The molecule has 1 heterocycles. The molecule has 1 amide bonds. The van der Waals surface area contributed by atoms with Gasteiger partial charge in [0.05, 0.1) is 6.61 Å². The number of rotatable bonds is 5. The SMILES string of the molecule is CCOc1cc(C(=O)N2C(C)CCCC2C)ccc1OC(F)F. The molecule has 23 heavy (non-hydrogen) atoms. The van der Waals surface area contributed by atoms with E-state index in [4.69, 9.17) is 4.74 Å². The van der Waals surface area contributed by atoms with Crippen molar-refractivity contribution in [3.63, 3.8) is 0 Å². The molecule has 1 fully saturated rings. The predicted molar refractivity (Wildman–Crippen MR) is 83.2 cm³/mol. The Bertz CT molecular complexity index is 541. The molecule has 0 spiro atoms. The summed E-state index contributed by atoms with van der Waals surface area (Å²) in [6, 6.07) is 4.69. The summed E-state index contributed by atoms with van der Waals surface area (Å²) in [6.45, 7) is 3.18. The fourth-order valence-electron chi connectivity index (χ4n) is 3.07. The average molecular weight is 327 g/mol. The first-order chi connectivity index (χ1) is 10.9. The summed E-state index contributed by atoms with van der Waals surface area (Å²) in [5.41, 5.74) is 0.427. The molecule has 0 N–H and O–H groups in total. The number of halogens is 2. The minimum Gasteiger partial charge on any atom is -0.490 e. The maximum Gasteiger partial charge on any atom is 0.387 e. The van der Waals surface area contributed by atoms with Gasteiger partial charge >= 0.3 is 6.61 Å². The lowest BCUT2D eigenvalue weighted by Crippen LogP contribution is -2.47. The normalized spacial score (nSPS) is 21.4. The quantitative estimate of drug-likeness (QED) is 0.817. The summed E-state index contributed by atoms with van der Waals surface area (Å²) in [4.78, 5) is 14.7. The van der Waals surface area contributed by atoms with Gasteiger partial charge in [-0.05, 0) is 58.2 Å². The Hall–Kier alpha value is -1.85. The molecule has 0 radical (unpaired) electrons. The van der Waals surface area contributed by atoms with Crippen molar-refractivity contribution in [2.45, 2.75) is 58.7 Å². The zero-order valence-corrected chi connectivity index (χ0v) is 13.7. The van der Waals surface area contributed by atoms with Gasteiger partial charge in [-0.3, -0.25) is 4.79 Å².